The van der Waals surface area contributed by atoms with Crippen LogP contribution in [0.4, 0.5) is 5.69 Å². The Morgan fingerprint density at radius 1 is 1.05 bits per heavy atom. The average molecular weight is 287 g/mol. The first kappa shape index (κ1) is 16.1. The molecule has 1 aromatic rings. The minimum absolute atomic E-state index is 0.303. The van der Waals surface area contributed by atoms with Gasteiger partial charge in [0.2, 0.25) is 0 Å². The Morgan fingerprint density at radius 3 is 2.52 bits per heavy atom. The molecule has 1 heterocycles. The second-order valence-corrected chi connectivity index (χ2v) is 6.20. The van der Waals surface area contributed by atoms with Crippen molar-refractivity contribution < 1.29 is 4.79 Å². The fourth-order valence-corrected chi connectivity index (χ4v) is 3.03. The minimum Gasteiger partial charge on any atom is -0.384 e. The quantitative estimate of drug-likeness (QED) is 0.463. The van der Waals surface area contributed by atoms with E-state index in [1.54, 1.807) is 0 Å². The predicted octanol–water partition coefficient (Wildman–Crippen LogP) is 5.37. The molecule has 0 saturated heterocycles. The Morgan fingerprint density at radius 2 is 1.76 bits per heavy atom. The van der Waals surface area contributed by atoms with E-state index in [1.165, 1.54) is 50.5 Å². The maximum atomic E-state index is 12.2. The summed E-state index contributed by atoms with van der Waals surface area (Å²) in [6.07, 6.45) is 12.0. The number of rotatable bonds is 10. The Hall–Kier alpha value is -1.31. The van der Waals surface area contributed by atoms with E-state index >= 15 is 0 Å². The number of ketones is 1. The van der Waals surface area contributed by atoms with Gasteiger partial charge in [0.25, 0.3) is 0 Å². The zero-order valence-electron chi connectivity index (χ0n) is 13.4. The molecule has 0 aliphatic carbocycles. The molecular formula is C19H29NO. The monoisotopic (exact) mass is 287 g/mol. The van der Waals surface area contributed by atoms with Crippen LogP contribution in [0.15, 0.2) is 18.2 Å². The molecule has 0 aromatic heterocycles. The SMILES string of the molecule is CCCCCCCCCCC(=O)c1ccc2c(c1)NCC2. The smallest absolute Gasteiger partial charge is 0.162 e. The second-order valence-electron chi connectivity index (χ2n) is 6.20. The van der Waals surface area contributed by atoms with Gasteiger partial charge >= 0.3 is 0 Å². The second kappa shape index (κ2) is 8.86. The summed E-state index contributed by atoms with van der Waals surface area (Å²) in [4.78, 5) is 12.2. The lowest BCUT2D eigenvalue weighted by molar-refractivity contribution is 0.0979. The van der Waals surface area contributed by atoms with Gasteiger partial charge in [0.1, 0.15) is 0 Å². The highest BCUT2D eigenvalue weighted by Gasteiger charge is 2.13. The third kappa shape index (κ3) is 5.18. The van der Waals surface area contributed by atoms with Crippen molar-refractivity contribution in [2.75, 3.05) is 11.9 Å². The number of Topliss-reactive ketones (excluding diaryl/α,β-unsaturated/α-hetero) is 1. The van der Waals surface area contributed by atoms with Crippen LogP contribution < -0.4 is 5.32 Å². The fourth-order valence-electron chi connectivity index (χ4n) is 3.03. The van der Waals surface area contributed by atoms with Gasteiger partial charge in [-0.05, 0) is 24.5 Å². The molecule has 0 radical (unpaired) electrons. The molecule has 2 rings (SSSR count). The van der Waals surface area contributed by atoms with Crippen LogP contribution in [0, 0.1) is 0 Å². The van der Waals surface area contributed by atoms with Gasteiger partial charge in [0, 0.05) is 24.2 Å². The number of fused-ring (bicyclic) bond motifs is 1. The molecule has 1 aromatic carbocycles. The normalized spacial score (nSPS) is 13.0. The maximum Gasteiger partial charge on any atom is 0.162 e. The summed E-state index contributed by atoms with van der Waals surface area (Å²) in [6, 6.07) is 6.14. The number of unbranched alkanes of at least 4 members (excludes halogenated alkanes) is 7. The summed E-state index contributed by atoms with van der Waals surface area (Å²) in [5.41, 5.74) is 3.39. The average Bonchev–Trinajstić information content (AvgIpc) is 2.97. The van der Waals surface area contributed by atoms with Gasteiger partial charge in [-0.2, -0.15) is 0 Å². The van der Waals surface area contributed by atoms with Gasteiger partial charge in [0.05, 0.1) is 0 Å². The number of nitrogens with one attached hydrogen (secondary N) is 1. The Balaban J connectivity index is 1.61. The molecule has 1 aliphatic heterocycles. The third-order valence-corrected chi connectivity index (χ3v) is 4.40. The Labute approximate surface area is 129 Å². The number of benzene rings is 1. The molecule has 0 unspecified atom stereocenters. The van der Waals surface area contributed by atoms with Crippen molar-refractivity contribution in [1.82, 2.24) is 0 Å². The largest absolute Gasteiger partial charge is 0.384 e. The predicted molar refractivity (Wildman–Crippen MR) is 90.2 cm³/mol. The van der Waals surface area contributed by atoms with Gasteiger partial charge in [-0.25, -0.2) is 0 Å². The highest BCUT2D eigenvalue weighted by Crippen LogP contribution is 2.24. The highest BCUT2D eigenvalue weighted by atomic mass is 16.1. The molecule has 0 fully saturated rings. The summed E-state index contributed by atoms with van der Waals surface area (Å²) in [6.45, 7) is 3.26. The topological polar surface area (TPSA) is 29.1 Å². The molecule has 2 nitrogen and oxygen atoms in total. The van der Waals surface area contributed by atoms with E-state index in [1.807, 2.05) is 12.1 Å². The Bertz CT molecular complexity index is 453. The van der Waals surface area contributed by atoms with Crippen LogP contribution >= 0.6 is 0 Å². The van der Waals surface area contributed by atoms with E-state index < -0.39 is 0 Å². The number of carbonyl (C=O) groups is 1. The van der Waals surface area contributed by atoms with E-state index in [0.717, 1.165) is 30.6 Å². The van der Waals surface area contributed by atoms with Gasteiger partial charge in [0.15, 0.2) is 5.78 Å². The lowest BCUT2D eigenvalue weighted by Gasteiger charge is -2.05. The summed E-state index contributed by atoms with van der Waals surface area (Å²) >= 11 is 0. The van der Waals surface area contributed by atoms with Crippen molar-refractivity contribution in [2.24, 2.45) is 0 Å². The van der Waals surface area contributed by atoms with Gasteiger partial charge in [-0.3, -0.25) is 4.79 Å². The van der Waals surface area contributed by atoms with Crippen LogP contribution in [0.5, 0.6) is 0 Å². The molecule has 0 atom stereocenters. The standard InChI is InChI=1S/C19H29NO/c1-2-3-4-5-6-7-8-9-10-19(21)17-12-11-16-13-14-20-18(16)15-17/h11-12,15,20H,2-10,13-14H2,1H3. The number of hydrogen-bond acceptors (Lipinski definition) is 2. The van der Waals surface area contributed by atoms with E-state index in [4.69, 9.17) is 0 Å². The third-order valence-electron chi connectivity index (χ3n) is 4.40. The molecule has 1 aliphatic rings. The minimum atomic E-state index is 0.303. The van der Waals surface area contributed by atoms with Crippen molar-refractivity contribution in [3.8, 4) is 0 Å². The zero-order valence-corrected chi connectivity index (χ0v) is 13.4. The van der Waals surface area contributed by atoms with Crippen molar-refractivity contribution >= 4 is 11.5 Å². The van der Waals surface area contributed by atoms with Gasteiger partial charge in [-0.15, -0.1) is 0 Å². The van der Waals surface area contributed by atoms with Crippen LogP contribution in [-0.2, 0) is 6.42 Å². The number of hydrogen-bond donors (Lipinski definition) is 1. The van der Waals surface area contributed by atoms with Crippen LogP contribution in [0.25, 0.3) is 0 Å². The van der Waals surface area contributed by atoms with Gasteiger partial charge in [-0.1, -0.05) is 64.0 Å². The van der Waals surface area contributed by atoms with E-state index in [9.17, 15) is 4.79 Å². The van der Waals surface area contributed by atoms with E-state index in [-0.39, 0.29) is 0 Å². The summed E-state index contributed by atoms with van der Waals surface area (Å²) < 4.78 is 0. The molecule has 1 N–H and O–H groups in total. The lowest BCUT2D eigenvalue weighted by Crippen LogP contribution is -2.00. The van der Waals surface area contributed by atoms with Crippen molar-refractivity contribution in [2.45, 2.75) is 71.1 Å². The molecular weight excluding hydrogens is 258 g/mol. The van der Waals surface area contributed by atoms with Gasteiger partial charge < -0.3 is 5.32 Å². The van der Waals surface area contributed by atoms with Crippen LogP contribution in [0.2, 0.25) is 0 Å². The summed E-state index contributed by atoms with van der Waals surface area (Å²) in [7, 11) is 0. The van der Waals surface area contributed by atoms with Crippen LogP contribution in [0.1, 0.15) is 80.6 Å². The van der Waals surface area contributed by atoms with Crippen LogP contribution in [0.3, 0.4) is 0 Å². The first-order chi connectivity index (χ1) is 10.3. The number of carbonyl (C=O) groups excluding carboxylic acids is 1. The molecule has 0 saturated carbocycles. The first-order valence-electron chi connectivity index (χ1n) is 8.71. The summed E-state index contributed by atoms with van der Waals surface area (Å²) in [5, 5.41) is 3.34. The lowest BCUT2D eigenvalue weighted by atomic mass is 10.0. The molecule has 21 heavy (non-hydrogen) atoms. The zero-order chi connectivity index (χ0) is 14.9. The Kier molecular flexibility index (Phi) is 6.78. The van der Waals surface area contributed by atoms with Crippen LogP contribution in [-0.4, -0.2) is 12.3 Å². The fraction of sp³-hybridized carbons (Fsp3) is 0.632. The molecule has 0 bridgehead atoms. The molecule has 0 amide bonds. The number of anilines is 1. The maximum absolute atomic E-state index is 12.2. The molecule has 2 heteroatoms. The van der Waals surface area contributed by atoms with Crippen molar-refractivity contribution in [1.29, 1.82) is 0 Å². The molecule has 0 spiro atoms. The first-order valence-corrected chi connectivity index (χ1v) is 8.71. The van der Waals surface area contributed by atoms with E-state index in [2.05, 4.69) is 18.3 Å². The van der Waals surface area contributed by atoms with Crippen molar-refractivity contribution in [3.05, 3.63) is 29.3 Å². The van der Waals surface area contributed by atoms with Crippen molar-refractivity contribution in [3.63, 3.8) is 0 Å². The highest BCUT2D eigenvalue weighted by molar-refractivity contribution is 5.97. The van der Waals surface area contributed by atoms with E-state index in [0.29, 0.717) is 12.2 Å². The molecule has 116 valence electrons. The summed E-state index contributed by atoms with van der Waals surface area (Å²) in [5.74, 6) is 0.303.